The topological polar surface area (TPSA) is 59.1 Å². The van der Waals surface area contributed by atoms with Crippen molar-refractivity contribution < 1.29 is 19.1 Å². The van der Waals surface area contributed by atoms with Gasteiger partial charge in [-0.25, -0.2) is 0 Å². The van der Waals surface area contributed by atoms with Gasteiger partial charge < -0.3 is 14.4 Å². The van der Waals surface area contributed by atoms with Crippen LogP contribution < -0.4 is 4.74 Å². The van der Waals surface area contributed by atoms with Crippen LogP contribution in [0.4, 0.5) is 0 Å². The lowest BCUT2D eigenvalue weighted by molar-refractivity contribution is -0.139. The lowest BCUT2D eigenvalue weighted by Gasteiger charge is -2.37. The van der Waals surface area contributed by atoms with Gasteiger partial charge in [-0.05, 0) is 57.7 Å². The highest BCUT2D eigenvalue weighted by atomic mass is 16.5. The molecule has 1 aromatic carbocycles. The minimum Gasteiger partial charge on any atom is -0.496 e. The molecule has 6 nitrogen and oxygen atoms in total. The smallest absolute Gasteiger partial charge is 0.289 e. The number of hydrogen-bond acceptors (Lipinski definition) is 5. The fraction of sp³-hybridized carbons (Fsp3) is 0.615. The molecule has 1 saturated heterocycles. The van der Waals surface area contributed by atoms with Crippen LogP contribution >= 0.6 is 0 Å². The first kappa shape index (κ1) is 24.3. The number of methoxy groups -OCH3 is 1. The molecule has 0 aromatic heterocycles. The number of nitrogens with zero attached hydrogens (tertiary/aromatic N) is 2. The summed E-state index contributed by atoms with van der Waals surface area (Å²) < 4.78 is 11.4. The molecule has 1 aromatic rings. The Hall–Kier alpha value is -2.34. The molecule has 6 heteroatoms. The van der Waals surface area contributed by atoms with Crippen LogP contribution in [0.3, 0.4) is 0 Å². The average Bonchev–Trinajstić information content (AvgIpc) is 2.72. The average molecular weight is 443 g/mol. The van der Waals surface area contributed by atoms with Gasteiger partial charge in [0.05, 0.1) is 7.11 Å². The molecule has 0 radical (unpaired) electrons. The summed E-state index contributed by atoms with van der Waals surface area (Å²) in [7, 11) is 1.71. The predicted molar refractivity (Wildman–Crippen MR) is 125 cm³/mol. The second-order valence-electron chi connectivity index (χ2n) is 10.1. The molecular formula is C26H38N2O4. The summed E-state index contributed by atoms with van der Waals surface area (Å²) in [5, 5.41) is 0. The Morgan fingerprint density at radius 1 is 1.25 bits per heavy atom. The molecule has 1 fully saturated rings. The Balaban J connectivity index is 1.60. The van der Waals surface area contributed by atoms with Crippen LogP contribution in [0.5, 0.6) is 5.75 Å². The SMILES string of the molecule is COc1ccccc1CN1CCC(CN(CC(C)C)C(=O)C2=CC(=O)CC(C)(C)O2)CC1. The van der Waals surface area contributed by atoms with Gasteiger partial charge in [0, 0.05) is 37.7 Å². The number of ketones is 1. The van der Waals surface area contributed by atoms with Crippen LogP contribution in [0.15, 0.2) is 36.1 Å². The standard InChI is InChI=1S/C26H38N2O4/c1-19(2)16-28(25(30)24-14-22(29)15-26(3,4)32-24)17-20-10-12-27(13-11-20)18-21-8-6-7-9-23(21)31-5/h6-9,14,19-20H,10-13,15-18H2,1-5H3. The summed E-state index contributed by atoms with van der Waals surface area (Å²) in [4.78, 5) is 29.7. The van der Waals surface area contributed by atoms with Crippen molar-refractivity contribution in [2.75, 3.05) is 33.3 Å². The molecular weight excluding hydrogens is 404 g/mol. The highest BCUT2D eigenvalue weighted by Gasteiger charge is 2.34. The number of allylic oxidation sites excluding steroid dienone is 1. The number of ether oxygens (including phenoxy) is 2. The number of carbonyl (C=O) groups is 2. The van der Waals surface area contributed by atoms with Crippen LogP contribution in [0.1, 0.15) is 52.5 Å². The summed E-state index contributed by atoms with van der Waals surface area (Å²) >= 11 is 0. The van der Waals surface area contributed by atoms with Crippen LogP contribution in [-0.4, -0.2) is 60.4 Å². The Morgan fingerprint density at radius 3 is 2.56 bits per heavy atom. The normalized spacial score (nSPS) is 19.4. The van der Waals surface area contributed by atoms with E-state index in [4.69, 9.17) is 9.47 Å². The number of hydrogen-bond donors (Lipinski definition) is 0. The molecule has 32 heavy (non-hydrogen) atoms. The number of likely N-dealkylation sites (tertiary alicyclic amines) is 1. The maximum Gasteiger partial charge on any atom is 0.289 e. The Labute approximate surface area is 192 Å². The maximum atomic E-state index is 13.3. The van der Waals surface area contributed by atoms with Gasteiger partial charge in [0.25, 0.3) is 5.91 Å². The van der Waals surface area contributed by atoms with Crippen molar-refractivity contribution in [3.05, 3.63) is 41.7 Å². The van der Waals surface area contributed by atoms with E-state index < -0.39 is 5.60 Å². The lowest BCUT2D eigenvalue weighted by Crippen LogP contribution is -2.44. The van der Waals surface area contributed by atoms with Crippen LogP contribution in [0.2, 0.25) is 0 Å². The maximum absolute atomic E-state index is 13.3. The van der Waals surface area contributed by atoms with Gasteiger partial charge in [-0.15, -0.1) is 0 Å². The molecule has 0 saturated carbocycles. The number of amides is 1. The van der Waals surface area contributed by atoms with Crippen molar-refractivity contribution in [1.82, 2.24) is 9.80 Å². The van der Waals surface area contributed by atoms with Gasteiger partial charge in [0.2, 0.25) is 0 Å². The summed E-state index contributed by atoms with van der Waals surface area (Å²) in [5.41, 5.74) is 0.572. The summed E-state index contributed by atoms with van der Waals surface area (Å²) in [6, 6.07) is 8.17. The highest BCUT2D eigenvalue weighted by molar-refractivity contribution is 6.01. The van der Waals surface area contributed by atoms with Gasteiger partial charge >= 0.3 is 0 Å². The highest BCUT2D eigenvalue weighted by Crippen LogP contribution is 2.28. The molecule has 2 aliphatic rings. The molecule has 1 amide bonds. The Bertz CT molecular complexity index is 838. The predicted octanol–water partition coefficient (Wildman–Crippen LogP) is 4.04. The lowest BCUT2D eigenvalue weighted by atomic mass is 9.94. The van der Waals surface area contributed by atoms with E-state index in [9.17, 15) is 9.59 Å². The van der Waals surface area contributed by atoms with E-state index in [-0.39, 0.29) is 17.4 Å². The van der Waals surface area contributed by atoms with E-state index in [1.54, 1.807) is 7.11 Å². The molecule has 176 valence electrons. The fourth-order valence-corrected chi connectivity index (χ4v) is 4.64. The third-order valence-electron chi connectivity index (χ3n) is 6.13. The molecule has 2 heterocycles. The number of carbonyl (C=O) groups excluding carboxylic acids is 2. The zero-order chi connectivity index (χ0) is 23.3. The van der Waals surface area contributed by atoms with Crippen molar-refractivity contribution in [2.45, 2.75) is 59.1 Å². The third kappa shape index (κ3) is 6.58. The number of para-hydroxylation sites is 1. The molecule has 0 unspecified atom stereocenters. The van der Waals surface area contributed by atoms with Crippen LogP contribution in [0, 0.1) is 11.8 Å². The summed E-state index contributed by atoms with van der Waals surface area (Å²) in [6.45, 7) is 12.2. The Morgan fingerprint density at radius 2 is 1.94 bits per heavy atom. The van der Waals surface area contributed by atoms with Gasteiger partial charge in [0.15, 0.2) is 11.5 Å². The van der Waals surface area contributed by atoms with Crippen LogP contribution in [0.25, 0.3) is 0 Å². The van der Waals surface area contributed by atoms with Crippen molar-refractivity contribution in [2.24, 2.45) is 11.8 Å². The van der Waals surface area contributed by atoms with Crippen LogP contribution in [-0.2, 0) is 20.9 Å². The fourth-order valence-electron chi connectivity index (χ4n) is 4.64. The van der Waals surface area contributed by atoms with E-state index in [1.807, 2.05) is 36.9 Å². The van der Waals surface area contributed by atoms with E-state index in [0.29, 0.717) is 31.3 Å². The van der Waals surface area contributed by atoms with Crippen molar-refractivity contribution in [1.29, 1.82) is 0 Å². The third-order valence-corrected chi connectivity index (χ3v) is 6.13. The van der Waals surface area contributed by atoms with Crippen molar-refractivity contribution >= 4 is 11.7 Å². The van der Waals surface area contributed by atoms with E-state index in [0.717, 1.165) is 38.2 Å². The first-order valence-corrected chi connectivity index (χ1v) is 11.7. The largest absolute Gasteiger partial charge is 0.496 e. The molecule has 2 aliphatic heterocycles. The van der Waals surface area contributed by atoms with Crippen molar-refractivity contribution in [3.8, 4) is 5.75 Å². The first-order chi connectivity index (χ1) is 15.2. The van der Waals surface area contributed by atoms with Crippen molar-refractivity contribution in [3.63, 3.8) is 0 Å². The van der Waals surface area contributed by atoms with E-state index in [1.165, 1.54) is 11.6 Å². The van der Waals surface area contributed by atoms with E-state index in [2.05, 4.69) is 24.8 Å². The molecule has 3 rings (SSSR count). The zero-order valence-corrected chi connectivity index (χ0v) is 20.2. The minimum absolute atomic E-state index is 0.0428. The number of rotatable bonds is 8. The van der Waals surface area contributed by atoms with E-state index >= 15 is 0 Å². The summed E-state index contributed by atoms with van der Waals surface area (Å²) in [6.07, 6.45) is 3.78. The number of benzene rings is 1. The number of piperidine rings is 1. The van der Waals surface area contributed by atoms with Gasteiger partial charge in [0.1, 0.15) is 11.4 Å². The first-order valence-electron chi connectivity index (χ1n) is 11.7. The quantitative estimate of drug-likeness (QED) is 0.608. The molecule has 0 atom stereocenters. The second-order valence-corrected chi connectivity index (χ2v) is 10.1. The van der Waals surface area contributed by atoms with Gasteiger partial charge in [-0.2, -0.15) is 0 Å². The second kappa shape index (κ2) is 10.5. The van der Waals surface area contributed by atoms with Gasteiger partial charge in [-0.3, -0.25) is 14.5 Å². The molecule has 0 spiro atoms. The zero-order valence-electron chi connectivity index (χ0n) is 20.2. The molecule has 0 N–H and O–H groups in total. The van der Waals surface area contributed by atoms with Gasteiger partial charge in [-0.1, -0.05) is 32.0 Å². The molecule has 0 aliphatic carbocycles. The summed E-state index contributed by atoms with van der Waals surface area (Å²) in [5.74, 6) is 1.72. The molecule has 0 bridgehead atoms. The minimum atomic E-state index is -0.635. The monoisotopic (exact) mass is 442 g/mol. The Kier molecular flexibility index (Phi) is 7.99.